The second-order valence-corrected chi connectivity index (χ2v) is 2.03. The second kappa shape index (κ2) is 6.02. The maximum absolute atomic E-state index is 10.3. The van der Waals surface area contributed by atoms with Gasteiger partial charge in [-0.1, -0.05) is 13.8 Å². The van der Waals surface area contributed by atoms with Crippen LogP contribution in [0.5, 0.6) is 0 Å². The van der Waals surface area contributed by atoms with Crippen molar-refractivity contribution in [3.05, 3.63) is 29.8 Å². The van der Waals surface area contributed by atoms with Gasteiger partial charge in [0.25, 0.3) is 0 Å². The van der Waals surface area contributed by atoms with Gasteiger partial charge in [0.15, 0.2) is 0 Å². The summed E-state index contributed by atoms with van der Waals surface area (Å²) in [5.74, 6) is 4.14. The molecule has 0 aliphatic rings. The molecule has 0 heterocycles. The number of nitrogens with one attached hydrogen (secondary N) is 1. The molecule has 0 saturated carbocycles. The number of aromatic carboxylic acids is 1. The van der Waals surface area contributed by atoms with E-state index in [-0.39, 0.29) is 5.56 Å². The summed E-state index contributed by atoms with van der Waals surface area (Å²) < 4.78 is 0. The Balaban J connectivity index is 0.000000671. The minimum absolute atomic E-state index is 0.254. The summed E-state index contributed by atoms with van der Waals surface area (Å²) in [5.41, 5.74) is 3.34. The fourth-order valence-corrected chi connectivity index (χ4v) is 0.709. The standard InChI is InChI=1S/C7H8N2O2.C2H6/c8-9-6-3-1-5(2-4-6)7(10)11;1-2/h1-4,9H,8H2,(H,10,11);1-2H3. The molecule has 72 valence electrons. The zero-order chi connectivity index (χ0) is 10.3. The minimum Gasteiger partial charge on any atom is -0.478 e. The summed E-state index contributed by atoms with van der Waals surface area (Å²) in [6.45, 7) is 4.00. The lowest BCUT2D eigenvalue weighted by atomic mass is 10.2. The third-order valence-corrected chi connectivity index (χ3v) is 1.30. The highest BCUT2D eigenvalue weighted by atomic mass is 16.4. The number of carboxylic acids is 1. The highest BCUT2D eigenvalue weighted by Gasteiger charge is 1.99. The molecule has 13 heavy (non-hydrogen) atoms. The second-order valence-electron chi connectivity index (χ2n) is 2.03. The van der Waals surface area contributed by atoms with Gasteiger partial charge in [-0.15, -0.1) is 0 Å². The van der Waals surface area contributed by atoms with Crippen molar-refractivity contribution in [3.63, 3.8) is 0 Å². The van der Waals surface area contributed by atoms with E-state index in [1.54, 1.807) is 12.1 Å². The molecule has 0 saturated heterocycles. The Morgan fingerprint density at radius 2 is 1.77 bits per heavy atom. The zero-order valence-corrected chi connectivity index (χ0v) is 7.74. The fourth-order valence-electron chi connectivity index (χ4n) is 0.709. The van der Waals surface area contributed by atoms with Crippen molar-refractivity contribution in [3.8, 4) is 0 Å². The number of hydrazine groups is 1. The first-order valence-corrected chi connectivity index (χ1v) is 4.04. The predicted molar refractivity (Wildman–Crippen MR) is 52.6 cm³/mol. The van der Waals surface area contributed by atoms with E-state index >= 15 is 0 Å². The van der Waals surface area contributed by atoms with Crippen molar-refractivity contribution >= 4 is 11.7 Å². The first-order valence-electron chi connectivity index (χ1n) is 4.04. The van der Waals surface area contributed by atoms with Gasteiger partial charge in [0.2, 0.25) is 0 Å². The van der Waals surface area contributed by atoms with Gasteiger partial charge < -0.3 is 10.5 Å². The molecule has 0 spiro atoms. The molecule has 0 aliphatic heterocycles. The molecular formula is C9H14N2O2. The maximum atomic E-state index is 10.3. The molecule has 0 amide bonds. The zero-order valence-electron chi connectivity index (χ0n) is 7.74. The normalized spacial score (nSPS) is 8.23. The number of hydrogen-bond donors (Lipinski definition) is 3. The van der Waals surface area contributed by atoms with Crippen LogP contribution in [-0.2, 0) is 0 Å². The summed E-state index contributed by atoms with van der Waals surface area (Å²) in [6, 6.07) is 6.17. The molecule has 1 aromatic carbocycles. The average molecular weight is 182 g/mol. The van der Waals surface area contributed by atoms with Crippen LogP contribution in [0.25, 0.3) is 0 Å². The van der Waals surface area contributed by atoms with Gasteiger partial charge in [-0.2, -0.15) is 0 Å². The number of nitrogen functional groups attached to an aromatic ring is 1. The van der Waals surface area contributed by atoms with Gasteiger partial charge >= 0.3 is 5.97 Å². The topological polar surface area (TPSA) is 75.3 Å². The van der Waals surface area contributed by atoms with E-state index in [1.165, 1.54) is 12.1 Å². The van der Waals surface area contributed by atoms with Crippen molar-refractivity contribution in [2.45, 2.75) is 13.8 Å². The SMILES string of the molecule is CC.NNc1ccc(C(=O)O)cc1. The molecule has 1 rings (SSSR count). The number of benzene rings is 1. The summed E-state index contributed by atoms with van der Waals surface area (Å²) in [4.78, 5) is 10.3. The number of hydrogen-bond acceptors (Lipinski definition) is 3. The first kappa shape index (κ1) is 11.4. The summed E-state index contributed by atoms with van der Waals surface area (Å²) >= 11 is 0. The molecule has 0 aromatic heterocycles. The fraction of sp³-hybridized carbons (Fsp3) is 0.222. The summed E-state index contributed by atoms with van der Waals surface area (Å²) in [5, 5.41) is 8.50. The lowest BCUT2D eigenvalue weighted by Crippen LogP contribution is -2.06. The number of anilines is 1. The van der Waals surface area contributed by atoms with Crippen LogP contribution in [-0.4, -0.2) is 11.1 Å². The van der Waals surface area contributed by atoms with E-state index in [4.69, 9.17) is 10.9 Å². The smallest absolute Gasteiger partial charge is 0.335 e. The Bertz CT molecular complexity index is 257. The number of rotatable bonds is 2. The third kappa shape index (κ3) is 3.57. The molecule has 4 heteroatoms. The number of carbonyl (C=O) groups is 1. The molecule has 1 aromatic rings. The lowest BCUT2D eigenvalue weighted by molar-refractivity contribution is 0.0697. The van der Waals surface area contributed by atoms with Crippen molar-refractivity contribution in [2.24, 2.45) is 5.84 Å². The minimum atomic E-state index is -0.937. The molecule has 0 fully saturated rings. The Morgan fingerprint density at radius 1 is 1.31 bits per heavy atom. The van der Waals surface area contributed by atoms with Crippen LogP contribution in [0.3, 0.4) is 0 Å². The average Bonchev–Trinajstić information content (AvgIpc) is 2.21. The highest BCUT2D eigenvalue weighted by Crippen LogP contribution is 2.07. The van der Waals surface area contributed by atoms with E-state index in [2.05, 4.69) is 5.43 Å². The molecule has 0 atom stereocenters. The van der Waals surface area contributed by atoms with Crippen LogP contribution in [0.15, 0.2) is 24.3 Å². The monoisotopic (exact) mass is 182 g/mol. The highest BCUT2D eigenvalue weighted by molar-refractivity contribution is 5.87. The van der Waals surface area contributed by atoms with Gasteiger partial charge in [-0.25, -0.2) is 4.79 Å². The first-order chi connectivity index (χ1) is 6.24. The number of carboxylic acid groups (broad SMARTS) is 1. The van der Waals surface area contributed by atoms with Gasteiger partial charge in [-0.05, 0) is 24.3 Å². The van der Waals surface area contributed by atoms with Crippen LogP contribution in [0.1, 0.15) is 24.2 Å². The molecule has 0 unspecified atom stereocenters. The van der Waals surface area contributed by atoms with Crippen LogP contribution >= 0.6 is 0 Å². The largest absolute Gasteiger partial charge is 0.478 e. The molecule has 0 radical (unpaired) electrons. The Morgan fingerprint density at radius 3 is 2.08 bits per heavy atom. The molecule has 0 bridgehead atoms. The van der Waals surface area contributed by atoms with Crippen molar-refractivity contribution in [1.29, 1.82) is 0 Å². The molecule has 4 nitrogen and oxygen atoms in total. The summed E-state index contributed by atoms with van der Waals surface area (Å²) in [6.07, 6.45) is 0. The van der Waals surface area contributed by atoms with Crippen LogP contribution in [0.2, 0.25) is 0 Å². The van der Waals surface area contributed by atoms with E-state index in [0.29, 0.717) is 5.69 Å². The van der Waals surface area contributed by atoms with Crippen LogP contribution < -0.4 is 11.3 Å². The van der Waals surface area contributed by atoms with Crippen molar-refractivity contribution in [2.75, 3.05) is 5.43 Å². The van der Waals surface area contributed by atoms with Crippen LogP contribution in [0, 0.1) is 0 Å². The van der Waals surface area contributed by atoms with Gasteiger partial charge in [-0.3, -0.25) is 5.84 Å². The Hall–Kier alpha value is -1.55. The Labute approximate surface area is 77.3 Å². The van der Waals surface area contributed by atoms with E-state index in [0.717, 1.165) is 0 Å². The quantitative estimate of drug-likeness (QED) is 0.480. The lowest BCUT2D eigenvalue weighted by Gasteiger charge is -1.98. The van der Waals surface area contributed by atoms with E-state index in [9.17, 15) is 4.79 Å². The van der Waals surface area contributed by atoms with Gasteiger partial charge in [0.05, 0.1) is 5.56 Å². The van der Waals surface area contributed by atoms with Crippen LogP contribution in [0.4, 0.5) is 5.69 Å². The third-order valence-electron chi connectivity index (χ3n) is 1.30. The van der Waals surface area contributed by atoms with Crippen molar-refractivity contribution < 1.29 is 9.90 Å². The van der Waals surface area contributed by atoms with Crippen molar-refractivity contribution in [1.82, 2.24) is 0 Å². The van der Waals surface area contributed by atoms with E-state index in [1.807, 2.05) is 13.8 Å². The molecule has 4 N–H and O–H groups in total. The Kier molecular flexibility index (Phi) is 5.30. The predicted octanol–water partition coefficient (Wildman–Crippen LogP) is 1.70. The number of nitrogens with two attached hydrogens (primary N) is 1. The van der Waals surface area contributed by atoms with Gasteiger partial charge in [0.1, 0.15) is 0 Å². The maximum Gasteiger partial charge on any atom is 0.335 e. The molecule has 0 aliphatic carbocycles. The van der Waals surface area contributed by atoms with Gasteiger partial charge in [0, 0.05) is 5.69 Å². The van der Waals surface area contributed by atoms with E-state index < -0.39 is 5.97 Å². The molecular weight excluding hydrogens is 168 g/mol. The summed E-state index contributed by atoms with van der Waals surface area (Å²) in [7, 11) is 0.